The summed E-state index contributed by atoms with van der Waals surface area (Å²) in [5, 5.41) is 13.6. The van der Waals surface area contributed by atoms with Crippen molar-refractivity contribution in [2.24, 2.45) is 0 Å². The first-order valence-electron chi connectivity index (χ1n) is 6.85. The molecule has 0 atom stereocenters. The highest BCUT2D eigenvalue weighted by Crippen LogP contribution is 2.22. The summed E-state index contributed by atoms with van der Waals surface area (Å²) in [4.78, 5) is 8.16. The maximum atomic E-state index is 4.10. The molecule has 3 rings (SSSR count). The van der Waals surface area contributed by atoms with Gasteiger partial charge in [-0.3, -0.25) is 15.1 Å². The van der Waals surface area contributed by atoms with Gasteiger partial charge in [-0.2, -0.15) is 5.10 Å². The van der Waals surface area contributed by atoms with Crippen LogP contribution in [0.25, 0.3) is 5.70 Å². The van der Waals surface area contributed by atoms with Gasteiger partial charge in [-0.05, 0) is 23.8 Å². The van der Waals surface area contributed by atoms with Gasteiger partial charge < -0.3 is 10.6 Å². The first-order valence-corrected chi connectivity index (χ1v) is 6.85. The van der Waals surface area contributed by atoms with Gasteiger partial charge in [-0.15, -0.1) is 0 Å². The van der Waals surface area contributed by atoms with Gasteiger partial charge in [0.2, 0.25) is 0 Å². The van der Waals surface area contributed by atoms with E-state index in [1.165, 1.54) is 0 Å². The summed E-state index contributed by atoms with van der Waals surface area (Å²) in [6, 6.07) is 7.72. The molecule has 0 saturated carbocycles. The van der Waals surface area contributed by atoms with Crippen LogP contribution in [0.5, 0.6) is 0 Å². The Bertz CT molecular complexity index is 736. The molecule has 3 aromatic heterocycles. The molecule has 0 fully saturated rings. The van der Waals surface area contributed by atoms with Crippen LogP contribution >= 0.6 is 0 Å². The number of nitrogens with zero attached hydrogens (tertiary/aromatic N) is 3. The third-order valence-electron chi connectivity index (χ3n) is 3.10. The van der Waals surface area contributed by atoms with Crippen LogP contribution in [0.4, 0.5) is 11.4 Å². The molecule has 0 aliphatic heterocycles. The minimum absolute atomic E-state index is 0.667. The predicted octanol–water partition coefficient (Wildman–Crippen LogP) is 2.89. The Morgan fingerprint density at radius 3 is 2.64 bits per heavy atom. The molecule has 3 heterocycles. The monoisotopic (exact) mass is 292 g/mol. The number of hydrogen-bond acceptors (Lipinski definition) is 5. The molecule has 22 heavy (non-hydrogen) atoms. The number of nitrogens with one attached hydrogen (secondary N) is 3. The second-order valence-corrected chi connectivity index (χ2v) is 4.72. The average molecular weight is 292 g/mol. The molecule has 6 nitrogen and oxygen atoms in total. The first-order chi connectivity index (χ1) is 10.8. The van der Waals surface area contributed by atoms with Gasteiger partial charge in [0.25, 0.3) is 0 Å². The second kappa shape index (κ2) is 6.53. The fraction of sp³-hybridized carbons (Fsp3) is 0.0625. The van der Waals surface area contributed by atoms with Crippen LogP contribution in [0.2, 0.25) is 0 Å². The molecule has 0 aliphatic carbocycles. The molecule has 0 aromatic carbocycles. The number of rotatable bonds is 6. The fourth-order valence-corrected chi connectivity index (χ4v) is 2.02. The topological polar surface area (TPSA) is 78.5 Å². The highest BCUT2D eigenvalue weighted by molar-refractivity contribution is 5.79. The lowest BCUT2D eigenvalue weighted by Crippen LogP contribution is -2.04. The Kier molecular flexibility index (Phi) is 4.10. The summed E-state index contributed by atoms with van der Waals surface area (Å²) in [5.41, 5.74) is 4.39. The van der Waals surface area contributed by atoms with Crippen LogP contribution < -0.4 is 10.6 Å². The van der Waals surface area contributed by atoms with E-state index in [-0.39, 0.29) is 0 Å². The van der Waals surface area contributed by atoms with Gasteiger partial charge in [0, 0.05) is 25.1 Å². The Hall–Kier alpha value is -3.15. The van der Waals surface area contributed by atoms with Gasteiger partial charge in [0.15, 0.2) is 0 Å². The SMILES string of the molecule is C=C(Nc1cccnc1)c1[nH]ncc1NCc1cccnc1. The molecule has 0 unspecified atom stereocenters. The fourth-order valence-electron chi connectivity index (χ4n) is 2.02. The number of hydrogen-bond donors (Lipinski definition) is 3. The third kappa shape index (κ3) is 3.29. The van der Waals surface area contributed by atoms with Crippen molar-refractivity contribution in [2.75, 3.05) is 10.6 Å². The number of pyridine rings is 2. The largest absolute Gasteiger partial charge is 0.378 e. The average Bonchev–Trinajstić information content (AvgIpc) is 3.03. The van der Waals surface area contributed by atoms with Gasteiger partial charge in [-0.1, -0.05) is 12.6 Å². The van der Waals surface area contributed by atoms with Crippen molar-refractivity contribution in [3.8, 4) is 0 Å². The predicted molar refractivity (Wildman–Crippen MR) is 87.0 cm³/mol. The number of H-pyrrole nitrogens is 1. The van der Waals surface area contributed by atoms with Crippen LogP contribution in [-0.4, -0.2) is 20.2 Å². The highest BCUT2D eigenvalue weighted by atomic mass is 15.2. The quantitative estimate of drug-likeness (QED) is 0.651. The van der Waals surface area contributed by atoms with Crippen molar-refractivity contribution in [1.82, 2.24) is 20.2 Å². The first kappa shape index (κ1) is 13.8. The van der Waals surface area contributed by atoms with Crippen molar-refractivity contribution < 1.29 is 0 Å². The molecule has 110 valence electrons. The lowest BCUT2D eigenvalue weighted by molar-refractivity contribution is 1.07. The molecule has 0 bridgehead atoms. The minimum atomic E-state index is 0.667. The summed E-state index contributed by atoms with van der Waals surface area (Å²) >= 11 is 0. The molecule has 0 saturated heterocycles. The second-order valence-electron chi connectivity index (χ2n) is 4.72. The number of aromatic amines is 1. The third-order valence-corrected chi connectivity index (χ3v) is 3.10. The molecule has 3 aromatic rings. The molecular formula is C16H16N6. The van der Waals surface area contributed by atoms with Crippen LogP contribution in [0, 0.1) is 0 Å². The smallest absolute Gasteiger partial charge is 0.104 e. The van der Waals surface area contributed by atoms with Crippen molar-refractivity contribution in [2.45, 2.75) is 6.54 Å². The van der Waals surface area contributed by atoms with E-state index in [0.29, 0.717) is 6.54 Å². The van der Waals surface area contributed by atoms with E-state index >= 15 is 0 Å². The lowest BCUT2D eigenvalue weighted by atomic mass is 10.2. The zero-order valence-corrected chi connectivity index (χ0v) is 12.0. The lowest BCUT2D eigenvalue weighted by Gasteiger charge is -2.11. The van der Waals surface area contributed by atoms with E-state index in [0.717, 1.165) is 28.3 Å². The number of aromatic nitrogens is 4. The van der Waals surface area contributed by atoms with Gasteiger partial charge >= 0.3 is 0 Å². The standard InChI is InChI=1S/C16H16N6/c1-12(21-14-5-3-7-18-10-14)16-15(11-20-22-16)19-9-13-4-2-6-17-8-13/h2-8,10-11,19,21H,1,9H2,(H,20,22). The van der Waals surface area contributed by atoms with Gasteiger partial charge in [0.05, 0.1) is 29.5 Å². The van der Waals surface area contributed by atoms with Gasteiger partial charge in [0.1, 0.15) is 5.69 Å². The van der Waals surface area contributed by atoms with E-state index in [2.05, 4.69) is 37.4 Å². The Balaban J connectivity index is 1.68. The number of anilines is 2. The summed E-state index contributed by atoms with van der Waals surface area (Å²) in [6.07, 6.45) is 8.79. The maximum absolute atomic E-state index is 4.10. The normalized spacial score (nSPS) is 10.2. The van der Waals surface area contributed by atoms with Crippen molar-refractivity contribution in [1.29, 1.82) is 0 Å². The van der Waals surface area contributed by atoms with E-state index in [1.807, 2.05) is 30.5 Å². The highest BCUT2D eigenvalue weighted by Gasteiger charge is 2.09. The van der Waals surface area contributed by atoms with E-state index in [4.69, 9.17) is 0 Å². The van der Waals surface area contributed by atoms with Crippen LogP contribution in [0.1, 0.15) is 11.3 Å². The zero-order chi connectivity index (χ0) is 15.2. The minimum Gasteiger partial charge on any atom is -0.378 e. The van der Waals surface area contributed by atoms with Gasteiger partial charge in [-0.25, -0.2) is 0 Å². The molecule has 0 aliphatic rings. The molecule has 6 heteroatoms. The Morgan fingerprint density at radius 2 is 1.91 bits per heavy atom. The molecule has 0 radical (unpaired) electrons. The van der Waals surface area contributed by atoms with Crippen molar-refractivity contribution >= 4 is 17.1 Å². The van der Waals surface area contributed by atoms with Crippen LogP contribution in [-0.2, 0) is 6.54 Å². The molecule has 3 N–H and O–H groups in total. The maximum Gasteiger partial charge on any atom is 0.104 e. The van der Waals surface area contributed by atoms with E-state index in [9.17, 15) is 0 Å². The van der Waals surface area contributed by atoms with Crippen molar-refractivity contribution in [3.05, 3.63) is 73.1 Å². The molecule has 0 spiro atoms. The summed E-state index contributed by atoms with van der Waals surface area (Å²) in [5.74, 6) is 0. The van der Waals surface area contributed by atoms with Crippen LogP contribution in [0.3, 0.4) is 0 Å². The summed E-state index contributed by atoms with van der Waals surface area (Å²) < 4.78 is 0. The van der Waals surface area contributed by atoms with Crippen LogP contribution in [0.15, 0.2) is 61.8 Å². The van der Waals surface area contributed by atoms with E-state index < -0.39 is 0 Å². The Labute approximate surface area is 128 Å². The molecule has 0 amide bonds. The van der Waals surface area contributed by atoms with E-state index in [1.54, 1.807) is 24.8 Å². The zero-order valence-electron chi connectivity index (χ0n) is 12.0. The Morgan fingerprint density at radius 1 is 1.09 bits per heavy atom. The van der Waals surface area contributed by atoms with Crippen molar-refractivity contribution in [3.63, 3.8) is 0 Å². The summed E-state index contributed by atoms with van der Waals surface area (Å²) in [6.45, 7) is 4.71. The molecular weight excluding hydrogens is 276 g/mol. The summed E-state index contributed by atoms with van der Waals surface area (Å²) in [7, 11) is 0.